The monoisotopic (exact) mass is 569 g/mol. The second-order valence-corrected chi connectivity index (χ2v) is 9.28. The molecule has 3 aromatic rings. The quantitative estimate of drug-likeness (QED) is 0.302. The van der Waals surface area contributed by atoms with Crippen LogP contribution in [-0.4, -0.2) is 53.0 Å². The maximum Gasteiger partial charge on any atom is 0.308 e. The molecule has 0 N–H and O–H groups in total. The molecule has 0 aromatic heterocycles. The summed E-state index contributed by atoms with van der Waals surface area (Å²) in [6.07, 6.45) is -2.36. The zero-order valence-electron chi connectivity index (χ0n) is 23.1. The van der Waals surface area contributed by atoms with Crippen LogP contribution in [0.4, 0.5) is 5.69 Å². The summed E-state index contributed by atoms with van der Waals surface area (Å²) in [4.78, 5) is 28.4. The van der Waals surface area contributed by atoms with Gasteiger partial charge in [-0.05, 0) is 37.3 Å². The first kappa shape index (κ1) is 29.0. The van der Waals surface area contributed by atoms with Crippen molar-refractivity contribution >= 4 is 29.2 Å². The fourth-order valence-electron chi connectivity index (χ4n) is 4.77. The van der Waals surface area contributed by atoms with Crippen LogP contribution in [-0.2, 0) is 25.6 Å². The Labute approximate surface area is 238 Å². The van der Waals surface area contributed by atoms with Crippen LogP contribution in [0.15, 0.2) is 54.6 Å². The van der Waals surface area contributed by atoms with Gasteiger partial charge in [-0.2, -0.15) is 0 Å². The summed E-state index contributed by atoms with van der Waals surface area (Å²) in [6, 6.07) is 16.0. The zero-order chi connectivity index (χ0) is 28.8. The van der Waals surface area contributed by atoms with Crippen LogP contribution in [0.25, 0.3) is 0 Å². The lowest BCUT2D eigenvalue weighted by molar-refractivity contribution is -0.151. The lowest BCUT2D eigenvalue weighted by Crippen LogP contribution is -2.40. The van der Waals surface area contributed by atoms with E-state index in [0.717, 1.165) is 5.56 Å². The van der Waals surface area contributed by atoms with E-state index in [1.165, 1.54) is 14.2 Å². The Morgan fingerprint density at radius 3 is 2.38 bits per heavy atom. The Bertz CT molecular complexity index is 1380. The van der Waals surface area contributed by atoms with Crippen molar-refractivity contribution in [3.05, 3.63) is 76.3 Å². The molecule has 4 rings (SSSR count). The number of carbonyl (C=O) groups excluding carboxylic acids is 2. The largest absolute Gasteiger partial charge is 0.497 e. The number of methoxy groups -OCH3 is 4. The summed E-state index contributed by atoms with van der Waals surface area (Å²) >= 11 is 6.82. The molecule has 0 saturated carbocycles. The number of carbonyl (C=O) groups is 2. The summed E-state index contributed by atoms with van der Waals surface area (Å²) < 4.78 is 33.8. The number of benzene rings is 3. The second kappa shape index (κ2) is 12.9. The van der Waals surface area contributed by atoms with Crippen molar-refractivity contribution in [1.29, 1.82) is 0 Å². The fourth-order valence-corrected chi connectivity index (χ4v) is 5.04. The van der Waals surface area contributed by atoms with Gasteiger partial charge in [0.1, 0.15) is 23.7 Å². The standard InChI is InChI=1S/C30H32ClNO8/c1-6-39-26(33)16-25-30(34)32(17-18-13-14-19(35-2)15-24(18)37-4)22-11-8-10-21(31)27(22)29(40-25)20-9-7-12-23(36-3)28(20)38-5/h7-15,25,29H,6,16-17H2,1-5H3/t25-,29-/m1/s1. The topological polar surface area (TPSA) is 92.8 Å². The van der Waals surface area contributed by atoms with Crippen LogP contribution >= 0.6 is 11.6 Å². The summed E-state index contributed by atoms with van der Waals surface area (Å²) in [6.45, 7) is 1.99. The Kier molecular flexibility index (Phi) is 9.39. The van der Waals surface area contributed by atoms with Crippen LogP contribution in [0.1, 0.15) is 36.1 Å². The zero-order valence-corrected chi connectivity index (χ0v) is 23.8. The minimum Gasteiger partial charge on any atom is -0.497 e. The molecule has 0 spiro atoms. The number of hydrogen-bond acceptors (Lipinski definition) is 8. The lowest BCUT2D eigenvalue weighted by atomic mass is 9.97. The van der Waals surface area contributed by atoms with Gasteiger partial charge in [0.15, 0.2) is 11.5 Å². The van der Waals surface area contributed by atoms with Gasteiger partial charge in [0.2, 0.25) is 0 Å². The van der Waals surface area contributed by atoms with Gasteiger partial charge in [0.25, 0.3) is 5.91 Å². The molecule has 212 valence electrons. The highest BCUT2D eigenvalue weighted by Gasteiger charge is 2.40. The highest BCUT2D eigenvalue weighted by atomic mass is 35.5. The number of hydrogen-bond donors (Lipinski definition) is 0. The van der Waals surface area contributed by atoms with E-state index < -0.39 is 24.1 Å². The first-order valence-corrected chi connectivity index (χ1v) is 13.1. The molecule has 1 aliphatic heterocycles. The van der Waals surface area contributed by atoms with Gasteiger partial charge in [-0.1, -0.05) is 29.8 Å². The van der Waals surface area contributed by atoms with Crippen LogP contribution in [0, 0.1) is 0 Å². The van der Waals surface area contributed by atoms with E-state index in [0.29, 0.717) is 44.8 Å². The average Bonchev–Trinajstić information content (AvgIpc) is 3.08. The van der Waals surface area contributed by atoms with Crippen molar-refractivity contribution in [3.63, 3.8) is 0 Å². The van der Waals surface area contributed by atoms with E-state index in [1.54, 1.807) is 68.5 Å². The van der Waals surface area contributed by atoms with Crippen LogP contribution in [0.3, 0.4) is 0 Å². The summed E-state index contributed by atoms with van der Waals surface area (Å²) in [5.74, 6) is 1.06. The number of esters is 1. The molecule has 1 amide bonds. The molecule has 0 aliphatic carbocycles. The third kappa shape index (κ3) is 5.80. The number of ether oxygens (including phenoxy) is 6. The van der Waals surface area contributed by atoms with Gasteiger partial charge in [-0.25, -0.2) is 0 Å². The van der Waals surface area contributed by atoms with Gasteiger partial charge in [-0.3, -0.25) is 9.59 Å². The summed E-state index contributed by atoms with van der Waals surface area (Å²) in [7, 11) is 6.17. The first-order chi connectivity index (χ1) is 19.4. The van der Waals surface area contributed by atoms with Crippen molar-refractivity contribution in [1.82, 2.24) is 0 Å². The lowest BCUT2D eigenvalue weighted by Gasteiger charge is -2.26. The number of rotatable bonds is 10. The first-order valence-electron chi connectivity index (χ1n) is 12.7. The molecule has 0 bridgehead atoms. The highest BCUT2D eigenvalue weighted by molar-refractivity contribution is 6.32. The molecule has 2 atom stereocenters. The normalized spacial score (nSPS) is 16.6. The minimum atomic E-state index is -1.19. The van der Waals surface area contributed by atoms with Gasteiger partial charge in [0, 0.05) is 27.8 Å². The number of nitrogens with zero attached hydrogens (tertiary/aromatic N) is 1. The second-order valence-electron chi connectivity index (χ2n) is 8.87. The van der Waals surface area contributed by atoms with Crippen molar-refractivity contribution in [2.45, 2.75) is 32.1 Å². The molecule has 10 heteroatoms. The highest BCUT2D eigenvalue weighted by Crippen LogP contribution is 2.47. The van der Waals surface area contributed by atoms with Crippen LogP contribution in [0.5, 0.6) is 23.0 Å². The van der Waals surface area contributed by atoms with E-state index in [-0.39, 0.29) is 19.6 Å². The molecule has 3 aromatic carbocycles. The number of halogens is 1. The molecule has 0 fully saturated rings. The Hall–Kier alpha value is -3.95. The van der Waals surface area contributed by atoms with Crippen molar-refractivity contribution in [2.24, 2.45) is 0 Å². The number of amides is 1. The minimum absolute atomic E-state index is 0.115. The van der Waals surface area contributed by atoms with E-state index >= 15 is 0 Å². The average molecular weight is 570 g/mol. The SMILES string of the molecule is CCOC(=O)C[C@H]1O[C@H](c2cccc(OC)c2OC)c2c(Cl)cccc2N(Cc2ccc(OC)cc2OC)C1=O. The van der Waals surface area contributed by atoms with Crippen LogP contribution in [0.2, 0.25) is 5.02 Å². The molecule has 1 aliphatic rings. The maximum atomic E-state index is 14.2. The molecule has 0 radical (unpaired) electrons. The molecular weight excluding hydrogens is 538 g/mol. The molecular formula is C30H32ClNO8. The van der Waals surface area contributed by atoms with Gasteiger partial charge in [0.05, 0.1) is 53.7 Å². The van der Waals surface area contributed by atoms with Crippen LogP contribution < -0.4 is 23.8 Å². The number of para-hydroxylation sites is 1. The number of fused-ring (bicyclic) bond motifs is 1. The third-order valence-electron chi connectivity index (χ3n) is 6.62. The predicted molar refractivity (Wildman–Crippen MR) is 150 cm³/mol. The summed E-state index contributed by atoms with van der Waals surface area (Å²) in [5, 5.41) is 0.378. The van der Waals surface area contributed by atoms with E-state index in [2.05, 4.69) is 0 Å². The van der Waals surface area contributed by atoms with Gasteiger partial charge < -0.3 is 33.3 Å². The molecule has 40 heavy (non-hydrogen) atoms. The molecule has 9 nitrogen and oxygen atoms in total. The van der Waals surface area contributed by atoms with Crippen molar-refractivity contribution in [3.8, 4) is 23.0 Å². The molecule has 1 heterocycles. The third-order valence-corrected chi connectivity index (χ3v) is 6.95. The van der Waals surface area contributed by atoms with Gasteiger partial charge >= 0.3 is 5.97 Å². The summed E-state index contributed by atoms with van der Waals surface area (Å²) in [5.41, 5.74) is 2.37. The molecule has 0 unspecified atom stereocenters. The number of anilines is 1. The van der Waals surface area contributed by atoms with E-state index in [9.17, 15) is 9.59 Å². The van der Waals surface area contributed by atoms with Gasteiger partial charge in [-0.15, -0.1) is 0 Å². The van der Waals surface area contributed by atoms with E-state index in [1.807, 2.05) is 12.1 Å². The Balaban J connectivity index is 1.91. The molecule has 0 saturated heterocycles. The van der Waals surface area contributed by atoms with Crippen molar-refractivity contribution < 1.29 is 38.0 Å². The van der Waals surface area contributed by atoms with E-state index in [4.69, 9.17) is 40.0 Å². The fraction of sp³-hybridized carbons (Fsp3) is 0.333. The smallest absolute Gasteiger partial charge is 0.308 e. The Morgan fingerprint density at radius 1 is 0.950 bits per heavy atom. The maximum absolute atomic E-state index is 14.2. The predicted octanol–water partition coefficient (Wildman–Crippen LogP) is 5.35. The van der Waals surface area contributed by atoms with Crippen molar-refractivity contribution in [2.75, 3.05) is 39.9 Å². The Morgan fingerprint density at radius 2 is 1.70 bits per heavy atom.